The van der Waals surface area contributed by atoms with E-state index in [0.29, 0.717) is 32.6 Å². The molecule has 0 atom stereocenters. The molecule has 2 fully saturated rings. The average Bonchev–Trinajstić information content (AvgIpc) is 2.65. The van der Waals surface area contributed by atoms with Crippen LogP contribution >= 0.6 is 0 Å². The molecule has 1 N–H and O–H groups in total. The number of likely N-dealkylation sites (N-methyl/N-ethyl adjacent to an activating group) is 1. The standard InChI is InChI=1S/C16H29NO3/c1-17(13-16(19)8-10-20-11-9-16)12-15(14-18)6-4-2-3-5-7-15/h14,19H,2-13H2,1H3. The second-order valence-corrected chi connectivity index (χ2v) is 6.90. The summed E-state index contributed by atoms with van der Waals surface area (Å²) in [5, 5.41) is 10.6. The first-order valence-electron chi connectivity index (χ1n) is 8.03. The van der Waals surface area contributed by atoms with Crippen molar-refractivity contribution in [3.63, 3.8) is 0 Å². The molecule has 2 aliphatic rings. The van der Waals surface area contributed by atoms with Gasteiger partial charge in [0.2, 0.25) is 0 Å². The summed E-state index contributed by atoms with van der Waals surface area (Å²) in [4.78, 5) is 13.8. The average molecular weight is 283 g/mol. The maximum absolute atomic E-state index is 11.6. The zero-order chi connectivity index (χ0) is 14.5. The van der Waals surface area contributed by atoms with Crippen LogP contribution in [0.4, 0.5) is 0 Å². The Morgan fingerprint density at radius 3 is 2.20 bits per heavy atom. The van der Waals surface area contributed by atoms with Crippen LogP contribution in [0.2, 0.25) is 0 Å². The van der Waals surface area contributed by atoms with E-state index in [0.717, 1.165) is 32.2 Å². The predicted molar refractivity (Wildman–Crippen MR) is 78.7 cm³/mol. The van der Waals surface area contributed by atoms with Gasteiger partial charge in [0.1, 0.15) is 6.29 Å². The fourth-order valence-corrected chi connectivity index (χ4v) is 3.75. The van der Waals surface area contributed by atoms with Gasteiger partial charge in [0.25, 0.3) is 0 Å². The van der Waals surface area contributed by atoms with Crippen molar-refractivity contribution >= 4 is 6.29 Å². The van der Waals surface area contributed by atoms with Gasteiger partial charge in [-0.3, -0.25) is 0 Å². The monoisotopic (exact) mass is 283 g/mol. The molecular formula is C16H29NO3. The van der Waals surface area contributed by atoms with Crippen LogP contribution in [0.3, 0.4) is 0 Å². The summed E-state index contributed by atoms with van der Waals surface area (Å²) in [5.74, 6) is 0. The number of ether oxygens (including phenoxy) is 1. The van der Waals surface area contributed by atoms with Crippen LogP contribution in [0, 0.1) is 5.41 Å². The summed E-state index contributed by atoms with van der Waals surface area (Å²) in [6.45, 7) is 2.71. The Labute approximate surface area is 122 Å². The van der Waals surface area contributed by atoms with Crippen molar-refractivity contribution in [2.45, 2.75) is 57.0 Å². The van der Waals surface area contributed by atoms with Crippen LogP contribution in [0.1, 0.15) is 51.4 Å². The minimum atomic E-state index is -0.637. The van der Waals surface area contributed by atoms with Gasteiger partial charge in [0.05, 0.1) is 5.60 Å². The number of rotatable bonds is 5. The molecular weight excluding hydrogens is 254 g/mol. The van der Waals surface area contributed by atoms with Crippen molar-refractivity contribution in [3.8, 4) is 0 Å². The quantitative estimate of drug-likeness (QED) is 0.619. The van der Waals surface area contributed by atoms with Crippen LogP contribution in [0.15, 0.2) is 0 Å². The summed E-state index contributed by atoms with van der Waals surface area (Å²) in [5.41, 5.74) is -0.825. The van der Waals surface area contributed by atoms with Crippen molar-refractivity contribution < 1.29 is 14.6 Å². The first-order valence-corrected chi connectivity index (χ1v) is 8.03. The Kier molecular flexibility index (Phi) is 5.58. The van der Waals surface area contributed by atoms with Gasteiger partial charge in [-0.05, 0) is 19.9 Å². The zero-order valence-electron chi connectivity index (χ0n) is 12.8. The summed E-state index contributed by atoms with van der Waals surface area (Å²) >= 11 is 0. The molecule has 0 spiro atoms. The Balaban J connectivity index is 1.90. The lowest BCUT2D eigenvalue weighted by molar-refractivity contribution is -0.119. The zero-order valence-corrected chi connectivity index (χ0v) is 12.8. The van der Waals surface area contributed by atoms with Crippen LogP contribution in [-0.2, 0) is 9.53 Å². The molecule has 0 aromatic heterocycles. The third kappa shape index (κ3) is 4.27. The van der Waals surface area contributed by atoms with Gasteiger partial charge in [-0.25, -0.2) is 0 Å². The van der Waals surface area contributed by atoms with Crippen molar-refractivity contribution in [1.29, 1.82) is 0 Å². The molecule has 1 aliphatic heterocycles. The molecule has 116 valence electrons. The maximum Gasteiger partial charge on any atom is 0.127 e. The van der Waals surface area contributed by atoms with Crippen LogP contribution in [0.25, 0.3) is 0 Å². The second-order valence-electron chi connectivity index (χ2n) is 6.90. The molecule has 1 aliphatic carbocycles. The minimum Gasteiger partial charge on any atom is -0.388 e. The summed E-state index contributed by atoms with van der Waals surface area (Å²) in [7, 11) is 2.03. The van der Waals surface area contributed by atoms with E-state index in [1.807, 2.05) is 7.05 Å². The van der Waals surface area contributed by atoms with Crippen molar-refractivity contribution in [2.24, 2.45) is 5.41 Å². The first kappa shape index (κ1) is 15.9. The third-order valence-electron chi connectivity index (χ3n) is 4.92. The summed E-state index contributed by atoms with van der Waals surface area (Å²) in [6, 6.07) is 0. The Morgan fingerprint density at radius 1 is 1.05 bits per heavy atom. The second kappa shape index (κ2) is 7.01. The topological polar surface area (TPSA) is 49.8 Å². The Bertz CT molecular complexity index is 305. The van der Waals surface area contributed by atoms with Crippen molar-refractivity contribution in [3.05, 3.63) is 0 Å². The van der Waals surface area contributed by atoms with Gasteiger partial charge in [0, 0.05) is 44.6 Å². The highest BCUT2D eigenvalue weighted by Gasteiger charge is 2.35. The third-order valence-corrected chi connectivity index (χ3v) is 4.92. The van der Waals surface area contributed by atoms with Gasteiger partial charge in [-0.2, -0.15) is 0 Å². The molecule has 0 bridgehead atoms. The molecule has 0 radical (unpaired) electrons. The lowest BCUT2D eigenvalue weighted by atomic mass is 9.81. The van der Waals surface area contributed by atoms with Gasteiger partial charge in [0.15, 0.2) is 0 Å². The van der Waals surface area contributed by atoms with E-state index in [2.05, 4.69) is 4.90 Å². The Morgan fingerprint density at radius 2 is 1.65 bits per heavy atom. The van der Waals surface area contributed by atoms with Crippen molar-refractivity contribution in [2.75, 3.05) is 33.4 Å². The smallest absolute Gasteiger partial charge is 0.127 e. The number of hydrogen-bond donors (Lipinski definition) is 1. The molecule has 1 saturated heterocycles. The first-order chi connectivity index (χ1) is 9.58. The van der Waals surface area contributed by atoms with Crippen LogP contribution in [0.5, 0.6) is 0 Å². The highest BCUT2D eigenvalue weighted by atomic mass is 16.5. The highest BCUT2D eigenvalue weighted by Crippen LogP contribution is 2.34. The van der Waals surface area contributed by atoms with Gasteiger partial charge < -0.3 is 19.5 Å². The number of aliphatic hydroxyl groups is 1. The number of hydrogen-bond acceptors (Lipinski definition) is 4. The van der Waals surface area contributed by atoms with Crippen molar-refractivity contribution in [1.82, 2.24) is 4.90 Å². The SMILES string of the molecule is CN(CC1(O)CCOCC1)CC1(C=O)CCCCCC1. The molecule has 4 heteroatoms. The minimum absolute atomic E-state index is 0.188. The summed E-state index contributed by atoms with van der Waals surface area (Å²) in [6.07, 6.45) is 9.40. The van der Waals surface area contributed by atoms with E-state index in [9.17, 15) is 9.90 Å². The largest absolute Gasteiger partial charge is 0.388 e. The van der Waals surface area contributed by atoms with Crippen LogP contribution < -0.4 is 0 Å². The van der Waals surface area contributed by atoms with E-state index in [1.54, 1.807) is 0 Å². The Hall–Kier alpha value is -0.450. The molecule has 4 nitrogen and oxygen atoms in total. The molecule has 0 unspecified atom stereocenters. The molecule has 1 heterocycles. The van der Waals surface area contributed by atoms with E-state index < -0.39 is 5.60 Å². The lowest BCUT2D eigenvalue weighted by Crippen LogP contribution is -2.48. The van der Waals surface area contributed by atoms with Gasteiger partial charge in [-0.1, -0.05) is 25.7 Å². The van der Waals surface area contributed by atoms with Gasteiger partial charge >= 0.3 is 0 Å². The fourth-order valence-electron chi connectivity index (χ4n) is 3.75. The number of aldehydes is 1. The molecule has 20 heavy (non-hydrogen) atoms. The van der Waals surface area contributed by atoms with E-state index in [4.69, 9.17) is 4.74 Å². The van der Waals surface area contributed by atoms with E-state index in [1.165, 1.54) is 19.1 Å². The van der Waals surface area contributed by atoms with E-state index in [-0.39, 0.29) is 5.41 Å². The highest BCUT2D eigenvalue weighted by molar-refractivity contribution is 5.59. The molecule has 0 amide bonds. The lowest BCUT2D eigenvalue weighted by Gasteiger charge is -2.38. The normalized spacial score (nSPS) is 26.1. The number of carbonyl (C=O) groups excluding carboxylic acids is 1. The van der Waals surface area contributed by atoms with Gasteiger partial charge in [-0.15, -0.1) is 0 Å². The van der Waals surface area contributed by atoms with Crippen LogP contribution in [-0.4, -0.2) is 55.2 Å². The maximum atomic E-state index is 11.6. The fraction of sp³-hybridized carbons (Fsp3) is 0.938. The number of carbonyl (C=O) groups is 1. The van der Waals surface area contributed by atoms with E-state index >= 15 is 0 Å². The molecule has 2 rings (SSSR count). The molecule has 0 aromatic carbocycles. The molecule has 1 saturated carbocycles. The predicted octanol–water partition coefficient (Wildman–Crippen LogP) is 2.00. The number of nitrogens with zero attached hydrogens (tertiary/aromatic N) is 1. The molecule has 0 aromatic rings. The summed E-state index contributed by atoms with van der Waals surface area (Å²) < 4.78 is 5.32.